The molecular formula is C24H26ClNO4S. The number of nitrogens with zero attached hydrogens (tertiary/aromatic N) is 1. The molecule has 0 bridgehead atoms. The van der Waals surface area contributed by atoms with Crippen LogP contribution in [-0.2, 0) is 37.4 Å². The van der Waals surface area contributed by atoms with Crippen LogP contribution in [0.4, 0.5) is 0 Å². The number of halogens is 1. The average molecular weight is 460 g/mol. The van der Waals surface area contributed by atoms with Gasteiger partial charge in [-0.2, -0.15) is 0 Å². The molecule has 164 valence electrons. The largest absolute Gasteiger partial charge is 0.468 e. The van der Waals surface area contributed by atoms with E-state index in [1.54, 1.807) is 17.4 Å². The van der Waals surface area contributed by atoms with Gasteiger partial charge < -0.3 is 9.47 Å². The van der Waals surface area contributed by atoms with Gasteiger partial charge in [-0.25, -0.2) is 4.79 Å². The van der Waals surface area contributed by atoms with Crippen molar-refractivity contribution in [1.82, 2.24) is 4.90 Å². The van der Waals surface area contributed by atoms with Gasteiger partial charge in [-0.3, -0.25) is 9.69 Å². The molecule has 2 aliphatic rings. The molecule has 1 aromatic heterocycles. The fourth-order valence-corrected chi connectivity index (χ4v) is 6.32. The van der Waals surface area contributed by atoms with Crippen LogP contribution >= 0.6 is 22.9 Å². The van der Waals surface area contributed by atoms with Crippen LogP contribution in [0.3, 0.4) is 0 Å². The second-order valence-corrected chi connectivity index (χ2v) is 9.49. The lowest BCUT2D eigenvalue weighted by Crippen LogP contribution is -2.38. The van der Waals surface area contributed by atoms with Crippen LogP contribution < -0.4 is 0 Å². The van der Waals surface area contributed by atoms with Crippen molar-refractivity contribution < 1.29 is 19.1 Å². The summed E-state index contributed by atoms with van der Waals surface area (Å²) in [6.45, 7) is 7.49. The first-order chi connectivity index (χ1) is 14.9. The van der Waals surface area contributed by atoms with Crippen molar-refractivity contribution in [2.45, 2.75) is 45.2 Å². The summed E-state index contributed by atoms with van der Waals surface area (Å²) in [5.74, 6) is -0.519. The molecule has 0 amide bonds. The summed E-state index contributed by atoms with van der Waals surface area (Å²) in [7, 11) is 1.40. The predicted molar refractivity (Wildman–Crippen MR) is 121 cm³/mol. The smallest absolute Gasteiger partial charge is 0.327 e. The number of carbonyl (C=O) groups is 2. The van der Waals surface area contributed by atoms with Crippen LogP contribution in [0.1, 0.15) is 47.7 Å². The predicted octanol–water partition coefficient (Wildman–Crippen LogP) is 4.82. The number of ether oxygens (including phenoxy) is 2. The fourth-order valence-electron chi connectivity index (χ4n) is 4.62. The summed E-state index contributed by atoms with van der Waals surface area (Å²) in [6, 6.07) is 8.93. The topological polar surface area (TPSA) is 55.8 Å². The zero-order valence-electron chi connectivity index (χ0n) is 18.2. The lowest BCUT2D eigenvalue weighted by Gasteiger charge is -2.33. The van der Waals surface area contributed by atoms with Gasteiger partial charge in [0, 0.05) is 27.9 Å². The summed E-state index contributed by atoms with van der Waals surface area (Å²) in [5.41, 5.74) is 3.33. The van der Waals surface area contributed by atoms with Crippen molar-refractivity contribution in [2.24, 2.45) is 0 Å². The molecule has 0 saturated carbocycles. The van der Waals surface area contributed by atoms with E-state index < -0.39 is 11.5 Å². The third-order valence-electron chi connectivity index (χ3n) is 6.46. The Morgan fingerprint density at radius 1 is 1.26 bits per heavy atom. The minimum atomic E-state index is -0.701. The van der Waals surface area contributed by atoms with Crippen LogP contribution in [0.15, 0.2) is 41.5 Å². The van der Waals surface area contributed by atoms with E-state index in [0.29, 0.717) is 24.7 Å². The Kier molecular flexibility index (Phi) is 5.99. The maximum atomic E-state index is 12.8. The second kappa shape index (κ2) is 8.41. The number of esters is 2. The van der Waals surface area contributed by atoms with Gasteiger partial charge in [0.15, 0.2) is 0 Å². The molecule has 1 aromatic carbocycles. The molecule has 31 heavy (non-hydrogen) atoms. The molecular weight excluding hydrogens is 434 g/mol. The number of carbonyl (C=O) groups excluding carboxylic acids is 2. The lowest BCUT2D eigenvalue weighted by atomic mass is 9.94. The van der Waals surface area contributed by atoms with E-state index in [4.69, 9.17) is 21.1 Å². The van der Waals surface area contributed by atoms with Crippen LogP contribution in [0.25, 0.3) is 0 Å². The van der Waals surface area contributed by atoms with E-state index >= 15 is 0 Å². The summed E-state index contributed by atoms with van der Waals surface area (Å²) in [6.07, 6.45) is 0.801. The number of benzene rings is 1. The standard InChI is InChI=1S/C24H26ClNO4S/c1-5-30-23(28)24(14(2)15(24)3)20-12-16-13-26(11-10-19(16)31-20)21(22(27)29-4)17-8-6-7-9-18(17)25/h6-9,12,21H,5,10-11,13H2,1-4H3/t21-/m1/s1. The van der Waals surface area contributed by atoms with Crippen molar-refractivity contribution in [3.63, 3.8) is 0 Å². The van der Waals surface area contributed by atoms with Crippen molar-refractivity contribution in [3.8, 4) is 0 Å². The Hall–Kier alpha value is -2.15. The Balaban J connectivity index is 1.65. The first-order valence-corrected chi connectivity index (χ1v) is 11.6. The Morgan fingerprint density at radius 2 is 1.97 bits per heavy atom. The normalized spacial score (nSPS) is 18.4. The maximum absolute atomic E-state index is 12.8. The third-order valence-corrected chi connectivity index (χ3v) is 8.16. The van der Waals surface area contributed by atoms with Gasteiger partial charge in [0.25, 0.3) is 0 Å². The van der Waals surface area contributed by atoms with Crippen molar-refractivity contribution in [3.05, 3.63) is 67.4 Å². The third kappa shape index (κ3) is 3.51. The van der Waals surface area contributed by atoms with Crippen LogP contribution in [-0.4, -0.2) is 37.1 Å². The number of fused-ring (bicyclic) bond motifs is 1. The van der Waals surface area contributed by atoms with Crippen LogP contribution in [0.5, 0.6) is 0 Å². The monoisotopic (exact) mass is 459 g/mol. The fraction of sp³-hybridized carbons (Fsp3) is 0.417. The number of hydrogen-bond acceptors (Lipinski definition) is 6. The molecule has 1 aliphatic heterocycles. The van der Waals surface area contributed by atoms with Gasteiger partial charge in [-0.15, -0.1) is 11.3 Å². The minimum Gasteiger partial charge on any atom is -0.468 e. The van der Waals surface area contributed by atoms with Crippen LogP contribution in [0.2, 0.25) is 5.02 Å². The molecule has 0 fully saturated rings. The number of methoxy groups -OCH3 is 1. The Morgan fingerprint density at radius 3 is 2.58 bits per heavy atom. The highest BCUT2D eigenvalue weighted by Gasteiger charge is 2.58. The van der Waals surface area contributed by atoms with E-state index in [-0.39, 0.29) is 11.9 Å². The lowest BCUT2D eigenvalue weighted by molar-refractivity contribution is -0.148. The average Bonchev–Trinajstić information content (AvgIpc) is 3.10. The highest BCUT2D eigenvalue weighted by Crippen LogP contribution is 2.57. The molecule has 1 atom stereocenters. The minimum absolute atomic E-state index is 0.191. The van der Waals surface area contributed by atoms with Crippen molar-refractivity contribution in [2.75, 3.05) is 20.3 Å². The zero-order chi connectivity index (χ0) is 22.3. The molecule has 7 heteroatoms. The summed E-state index contributed by atoms with van der Waals surface area (Å²) >= 11 is 8.10. The molecule has 2 heterocycles. The molecule has 0 N–H and O–H groups in total. The molecule has 4 rings (SSSR count). The Bertz CT molecular complexity index is 1060. The molecule has 2 aromatic rings. The van der Waals surface area contributed by atoms with Gasteiger partial charge in [0.1, 0.15) is 11.5 Å². The first kappa shape index (κ1) is 22.1. The van der Waals surface area contributed by atoms with E-state index in [9.17, 15) is 9.59 Å². The van der Waals surface area contributed by atoms with Gasteiger partial charge in [-0.05, 0) is 61.6 Å². The van der Waals surface area contributed by atoms with E-state index in [2.05, 4.69) is 11.0 Å². The highest BCUT2D eigenvalue weighted by molar-refractivity contribution is 7.12. The summed E-state index contributed by atoms with van der Waals surface area (Å²) < 4.78 is 10.5. The summed E-state index contributed by atoms with van der Waals surface area (Å²) in [4.78, 5) is 29.9. The van der Waals surface area contributed by atoms with Gasteiger partial charge in [-0.1, -0.05) is 29.8 Å². The van der Waals surface area contributed by atoms with Crippen molar-refractivity contribution >= 4 is 34.9 Å². The molecule has 5 nitrogen and oxygen atoms in total. The van der Waals surface area contributed by atoms with Gasteiger partial charge >= 0.3 is 11.9 Å². The van der Waals surface area contributed by atoms with Crippen molar-refractivity contribution in [1.29, 1.82) is 0 Å². The van der Waals surface area contributed by atoms with E-state index in [1.165, 1.54) is 12.0 Å². The SMILES string of the molecule is CCOC(=O)C1(c2cc3c(s2)CCN([C@@H](C(=O)OC)c2ccccc2Cl)C3)C(C)=C1C. The highest BCUT2D eigenvalue weighted by atomic mass is 35.5. The second-order valence-electron chi connectivity index (χ2n) is 7.95. The molecule has 0 unspecified atom stereocenters. The maximum Gasteiger partial charge on any atom is 0.327 e. The van der Waals surface area contributed by atoms with E-state index in [0.717, 1.165) is 33.6 Å². The summed E-state index contributed by atoms with van der Waals surface area (Å²) in [5, 5.41) is 0.546. The Labute approximate surface area is 191 Å². The number of thiophene rings is 1. The van der Waals surface area contributed by atoms with Gasteiger partial charge in [0.05, 0.1) is 13.7 Å². The molecule has 0 radical (unpaired) electrons. The van der Waals surface area contributed by atoms with Gasteiger partial charge in [0.2, 0.25) is 0 Å². The molecule has 1 aliphatic carbocycles. The molecule has 0 spiro atoms. The molecule has 0 saturated heterocycles. The number of hydrogen-bond donors (Lipinski definition) is 0. The quantitative estimate of drug-likeness (QED) is 0.457. The van der Waals surface area contributed by atoms with E-state index in [1.807, 2.05) is 39.0 Å². The number of rotatable bonds is 6. The zero-order valence-corrected chi connectivity index (χ0v) is 19.7. The van der Waals surface area contributed by atoms with Crippen LogP contribution in [0, 0.1) is 0 Å². The first-order valence-electron chi connectivity index (χ1n) is 10.4.